The predicted octanol–water partition coefficient (Wildman–Crippen LogP) is 3.38. The summed E-state index contributed by atoms with van der Waals surface area (Å²) in [6, 6.07) is 6.42. The molecule has 2 aromatic heterocycles. The van der Waals surface area contributed by atoms with Crippen LogP contribution in [-0.2, 0) is 18.3 Å². The van der Waals surface area contributed by atoms with E-state index in [2.05, 4.69) is 17.3 Å². The number of nitrogens with zero attached hydrogens (tertiary/aromatic N) is 4. The highest BCUT2D eigenvalue weighted by Crippen LogP contribution is 2.26. The van der Waals surface area contributed by atoms with E-state index in [0.717, 1.165) is 39.1 Å². The average Bonchev–Trinajstić information content (AvgIpc) is 2.95. The number of hydrogen-bond acceptors (Lipinski definition) is 4. The molecular formula is C23H30FN5O. The largest absolute Gasteiger partial charge is 0.354 e. The molecule has 3 aromatic rings. The lowest BCUT2D eigenvalue weighted by Crippen LogP contribution is -2.34. The van der Waals surface area contributed by atoms with Gasteiger partial charge in [0.2, 0.25) is 5.91 Å². The van der Waals surface area contributed by atoms with E-state index in [4.69, 9.17) is 4.98 Å². The molecule has 3 rings (SSSR count). The number of likely N-dealkylation sites (N-methyl/N-ethyl adjacent to an activating group) is 1. The monoisotopic (exact) mass is 411 g/mol. The van der Waals surface area contributed by atoms with E-state index in [0.29, 0.717) is 19.4 Å². The van der Waals surface area contributed by atoms with E-state index >= 15 is 0 Å². The van der Waals surface area contributed by atoms with Crippen LogP contribution < -0.4 is 5.32 Å². The number of halogens is 1. The van der Waals surface area contributed by atoms with Crippen LogP contribution in [0.15, 0.2) is 24.3 Å². The molecule has 30 heavy (non-hydrogen) atoms. The van der Waals surface area contributed by atoms with Gasteiger partial charge in [0.15, 0.2) is 5.65 Å². The second-order valence-electron chi connectivity index (χ2n) is 8.05. The van der Waals surface area contributed by atoms with E-state index < -0.39 is 0 Å². The number of carbonyl (C=O) groups is 1. The van der Waals surface area contributed by atoms with Crippen molar-refractivity contribution in [2.45, 2.75) is 39.7 Å². The molecular weight excluding hydrogens is 381 g/mol. The molecule has 0 spiro atoms. The average molecular weight is 412 g/mol. The number of carbonyl (C=O) groups excluding carboxylic acids is 1. The number of hydrogen-bond donors (Lipinski definition) is 1. The van der Waals surface area contributed by atoms with Crippen LogP contribution in [0.2, 0.25) is 0 Å². The number of rotatable bonds is 7. The molecule has 0 aliphatic carbocycles. The molecule has 1 unspecified atom stereocenters. The van der Waals surface area contributed by atoms with Crippen LogP contribution in [0.3, 0.4) is 0 Å². The molecule has 2 heterocycles. The minimum atomic E-state index is -0.273. The van der Waals surface area contributed by atoms with Gasteiger partial charge in [-0.05, 0) is 70.1 Å². The van der Waals surface area contributed by atoms with Crippen LogP contribution in [-0.4, -0.2) is 46.2 Å². The standard InChI is InChI=1S/C23H30FN5O/c1-14-19(15(2)26-23-22(14)16(3)27-29(23)6)10-11-21(30)25-13-20(28(4)5)17-8-7-9-18(24)12-17/h7-9,12,20H,10-11,13H2,1-6H3,(H,25,30). The minimum absolute atomic E-state index is 0.0277. The van der Waals surface area contributed by atoms with Crippen molar-refractivity contribution in [3.8, 4) is 0 Å². The van der Waals surface area contributed by atoms with E-state index in [1.807, 2.05) is 46.0 Å². The zero-order valence-corrected chi connectivity index (χ0v) is 18.6. The van der Waals surface area contributed by atoms with Crippen LogP contribution in [0.4, 0.5) is 4.39 Å². The van der Waals surface area contributed by atoms with Crippen molar-refractivity contribution in [1.29, 1.82) is 0 Å². The third-order valence-electron chi connectivity index (χ3n) is 5.68. The number of aromatic nitrogens is 3. The molecule has 6 nitrogen and oxygen atoms in total. The molecule has 1 N–H and O–H groups in total. The Kier molecular flexibility index (Phi) is 6.51. The maximum absolute atomic E-state index is 13.6. The highest BCUT2D eigenvalue weighted by molar-refractivity contribution is 5.84. The summed E-state index contributed by atoms with van der Waals surface area (Å²) < 4.78 is 15.4. The molecule has 0 aliphatic heterocycles. The Morgan fingerprint density at radius 3 is 2.63 bits per heavy atom. The molecule has 7 heteroatoms. The molecule has 1 aromatic carbocycles. The lowest BCUT2D eigenvalue weighted by molar-refractivity contribution is -0.121. The first-order valence-electron chi connectivity index (χ1n) is 10.2. The minimum Gasteiger partial charge on any atom is -0.354 e. The van der Waals surface area contributed by atoms with Crippen LogP contribution in [0.5, 0.6) is 0 Å². The summed E-state index contributed by atoms with van der Waals surface area (Å²) in [5.74, 6) is -0.301. The van der Waals surface area contributed by atoms with E-state index in [-0.39, 0.29) is 17.8 Å². The SMILES string of the molecule is Cc1nc2c(c(C)nn2C)c(C)c1CCC(=O)NCC(c1cccc(F)c1)N(C)C. The van der Waals surface area contributed by atoms with Gasteiger partial charge in [0, 0.05) is 31.1 Å². The normalized spacial score (nSPS) is 12.5. The van der Waals surface area contributed by atoms with Gasteiger partial charge in [-0.15, -0.1) is 0 Å². The summed E-state index contributed by atoms with van der Waals surface area (Å²) in [4.78, 5) is 19.2. The highest BCUT2D eigenvalue weighted by Gasteiger charge is 2.18. The molecule has 0 saturated carbocycles. The highest BCUT2D eigenvalue weighted by atomic mass is 19.1. The summed E-state index contributed by atoms with van der Waals surface area (Å²) in [6.45, 7) is 6.46. The fourth-order valence-corrected chi connectivity index (χ4v) is 4.08. The fraction of sp³-hybridized carbons (Fsp3) is 0.435. The van der Waals surface area contributed by atoms with Crippen LogP contribution in [0, 0.1) is 26.6 Å². The Hall–Kier alpha value is -2.80. The number of nitrogens with one attached hydrogen (secondary N) is 1. The molecule has 160 valence electrons. The molecule has 1 amide bonds. The maximum atomic E-state index is 13.6. The van der Waals surface area contributed by atoms with E-state index in [1.54, 1.807) is 10.7 Å². The van der Waals surface area contributed by atoms with Crippen molar-refractivity contribution in [1.82, 2.24) is 25.0 Å². The Morgan fingerprint density at radius 2 is 1.97 bits per heavy atom. The number of fused-ring (bicyclic) bond motifs is 1. The van der Waals surface area contributed by atoms with Crippen molar-refractivity contribution in [2.75, 3.05) is 20.6 Å². The second kappa shape index (κ2) is 8.92. The van der Waals surface area contributed by atoms with Crippen LogP contribution in [0.1, 0.15) is 40.5 Å². The van der Waals surface area contributed by atoms with Gasteiger partial charge in [0.25, 0.3) is 0 Å². The number of aryl methyl sites for hydroxylation is 4. The van der Waals surface area contributed by atoms with Gasteiger partial charge in [-0.3, -0.25) is 9.48 Å². The van der Waals surface area contributed by atoms with Crippen molar-refractivity contribution < 1.29 is 9.18 Å². The predicted molar refractivity (Wildman–Crippen MR) is 117 cm³/mol. The maximum Gasteiger partial charge on any atom is 0.220 e. The Balaban J connectivity index is 1.68. The third kappa shape index (κ3) is 4.51. The third-order valence-corrected chi connectivity index (χ3v) is 5.68. The Bertz CT molecular complexity index is 1070. The van der Waals surface area contributed by atoms with Crippen LogP contribution >= 0.6 is 0 Å². The van der Waals surface area contributed by atoms with Gasteiger partial charge in [0.05, 0.1) is 11.7 Å². The number of pyridine rings is 1. The van der Waals surface area contributed by atoms with Crippen LogP contribution in [0.25, 0.3) is 11.0 Å². The fourth-order valence-electron chi connectivity index (χ4n) is 4.08. The summed E-state index contributed by atoms with van der Waals surface area (Å²) in [5.41, 5.74) is 5.84. The van der Waals surface area contributed by atoms with Crippen molar-refractivity contribution in [3.63, 3.8) is 0 Å². The second-order valence-corrected chi connectivity index (χ2v) is 8.05. The lowest BCUT2D eigenvalue weighted by Gasteiger charge is -2.25. The zero-order chi connectivity index (χ0) is 22.0. The molecule has 0 radical (unpaired) electrons. The van der Waals surface area contributed by atoms with Crippen molar-refractivity contribution in [2.24, 2.45) is 7.05 Å². The van der Waals surface area contributed by atoms with E-state index in [9.17, 15) is 9.18 Å². The molecule has 0 saturated heterocycles. The van der Waals surface area contributed by atoms with Crippen molar-refractivity contribution >= 4 is 16.9 Å². The topological polar surface area (TPSA) is 63.1 Å². The smallest absolute Gasteiger partial charge is 0.220 e. The lowest BCUT2D eigenvalue weighted by atomic mass is 9.99. The van der Waals surface area contributed by atoms with Gasteiger partial charge in [-0.1, -0.05) is 12.1 Å². The molecule has 0 aliphatic rings. The van der Waals surface area contributed by atoms with Crippen molar-refractivity contribution in [3.05, 3.63) is 58.2 Å². The molecule has 0 fully saturated rings. The number of amides is 1. The first kappa shape index (κ1) is 21.9. The van der Waals surface area contributed by atoms with Gasteiger partial charge >= 0.3 is 0 Å². The number of benzene rings is 1. The molecule has 1 atom stereocenters. The summed E-state index contributed by atoms with van der Waals surface area (Å²) >= 11 is 0. The summed E-state index contributed by atoms with van der Waals surface area (Å²) in [6.07, 6.45) is 0.991. The zero-order valence-electron chi connectivity index (χ0n) is 18.6. The first-order valence-corrected chi connectivity index (χ1v) is 10.2. The van der Waals surface area contributed by atoms with E-state index in [1.165, 1.54) is 12.1 Å². The first-order chi connectivity index (χ1) is 14.2. The van der Waals surface area contributed by atoms with Gasteiger partial charge in [-0.25, -0.2) is 9.37 Å². The summed E-state index contributed by atoms with van der Waals surface area (Å²) in [7, 11) is 5.74. The van der Waals surface area contributed by atoms with Gasteiger partial charge in [0.1, 0.15) is 5.82 Å². The molecule has 0 bridgehead atoms. The summed E-state index contributed by atoms with van der Waals surface area (Å²) in [5, 5.41) is 8.54. The Labute approximate surface area is 177 Å². The van der Waals surface area contributed by atoms with Gasteiger partial charge in [-0.2, -0.15) is 5.10 Å². The Morgan fingerprint density at radius 1 is 1.23 bits per heavy atom. The van der Waals surface area contributed by atoms with Gasteiger partial charge < -0.3 is 10.2 Å². The quantitative estimate of drug-likeness (QED) is 0.647.